The molecule has 0 unspecified atom stereocenters. The fourth-order valence-corrected chi connectivity index (χ4v) is 2.64. The van der Waals surface area contributed by atoms with Gasteiger partial charge in [0.2, 0.25) is 0 Å². The smallest absolute Gasteiger partial charge is 0.322 e. The third kappa shape index (κ3) is 2.46. The molecule has 0 aliphatic rings. The largest absolute Gasteiger partial charge is 0.468 e. The molecule has 2 rings (SSSR count). The average molecular weight is 316 g/mol. The van der Waals surface area contributed by atoms with Gasteiger partial charge >= 0.3 is 5.97 Å². The number of nitrogens with two attached hydrogens (primary N) is 1. The molecule has 0 saturated carbocycles. The first-order valence-corrected chi connectivity index (χ1v) is 6.39. The van der Waals surface area contributed by atoms with Gasteiger partial charge in [-0.2, -0.15) is 8.75 Å². The number of methoxy groups -OCH3 is 1. The van der Waals surface area contributed by atoms with E-state index < -0.39 is 12.0 Å². The summed E-state index contributed by atoms with van der Waals surface area (Å²) in [6, 6.07) is 3.09. The molecule has 0 amide bonds. The quantitative estimate of drug-likeness (QED) is 0.868. The van der Waals surface area contributed by atoms with Gasteiger partial charge < -0.3 is 10.5 Å². The van der Waals surface area contributed by atoms with E-state index in [4.69, 9.17) is 5.73 Å². The molecule has 0 bridgehead atoms. The molecule has 1 aromatic heterocycles. The number of ether oxygens (including phenoxy) is 1. The van der Waals surface area contributed by atoms with Crippen molar-refractivity contribution in [2.75, 3.05) is 7.11 Å². The lowest BCUT2D eigenvalue weighted by Gasteiger charge is -2.09. The van der Waals surface area contributed by atoms with Crippen LogP contribution in [0.1, 0.15) is 5.56 Å². The maximum absolute atomic E-state index is 11.3. The molecule has 0 saturated heterocycles. The highest BCUT2D eigenvalue weighted by molar-refractivity contribution is 9.10. The van der Waals surface area contributed by atoms with Crippen molar-refractivity contribution in [3.8, 4) is 0 Å². The molecule has 0 aliphatic heterocycles. The Hall–Kier alpha value is -1.05. The van der Waals surface area contributed by atoms with E-state index in [0.717, 1.165) is 32.8 Å². The van der Waals surface area contributed by atoms with Crippen molar-refractivity contribution < 1.29 is 9.53 Å². The Balaban J connectivity index is 2.33. The van der Waals surface area contributed by atoms with Gasteiger partial charge in [-0.1, -0.05) is 6.07 Å². The Bertz CT molecular complexity index is 557. The first-order chi connectivity index (χ1) is 8.13. The minimum absolute atomic E-state index is 0.391. The van der Waals surface area contributed by atoms with E-state index in [-0.39, 0.29) is 0 Å². The van der Waals surface area contributed by atoms with Crippen LogP contribution in [-0.2, 0) is 16.0 Å². The van der Waals surface area contributed by atoms with Crippen LogP contribution in [0.5, 0.6) is 0 Å². The molecule has 0 fully saturated rings. The zero-order valence-corrected chi connectivity index (χ0v) is 11.4. The Morgan fingerprint density at radius 2 is 2.24 bits per heavy atom. The summed E-state index contributed by atoms with van der Waals surface area (Å²) in [7, 11) is 1.32. The molecule has 5 nitrogen and oxygen atoms in total. The molecule has 0 aliphatic carbocycles. The monoisotopic (exact) mass is 315 g/mol. The molecule has 1 atom stereocenters. The third-order valence-electron chi connectivity index (χ3n) is 2.39. The summed E-state index contributed by atoms with van der Waals surface area (Å²) in [6.45, 7) is 0. The van der Waals surface area contributed by atoms with Crippen LogP contribution in [0.25, 0.3) is 11.0 Å². The van der Waals surface area contributed by atoms with Crippen LogP contribution in [0.2, 0.25) is 0 Å². The Morgan fingerprint density at radius 1 is 1.53 bits per heavy atom. The molecule has 2 aromatic rings. The zero-order chi connectivity index (χ0) is 12.4. The van der Waals surface area contributed by atoms with Gasteiger partial charge in [0.1, 0.15) is 17.1 Å². The fraction of sp³-hybridized carbons (Fsp3) is 0.300. The van der Waals surface area contributed by atoms with Crippen molar-refractivity contribution in [1.29, 1.82) is 0 Å². The second-order valence-electron chi connectivity index (χ2n) is 3.50. The van der Waals surface area contributed by atoms with Gasteiger partial charge in [-0.15, -0.1) is 0 Å². The van der Waals surface area contributed by atoms with E-state index in [1.54, 1.807) is 0 Å². The second kappa shape index (κ2) is 5.07. The lowest BCUT2D eigenvalue weighted by Crippen LogP contribution is -2.33. The number of halogens is 1. The van der Waals surface area contributed by atoms with Crippen LogP contribution >= 0.6 is 27.7 Å². The van der Waals surface area contributed by atoms with Gasteiger partial charge in [-0.05, 0) is 27.6 Å². The van der Waals surface area contributed by atoms with Crippen molar-refractivity contribution >= 4 is 44.7 Å². The summed E-state index contributed by atoms with van der Waals surface area (Å²) in [5.74, 6) is -0.427. The lowest BCUT2D eigenvalue weighted by molar-refractivity contribution is -0.142. The number of carbonyl (C=O) groups excluding carboxylic acids is 1. The molecular weight excluding hydrogens is 306 g/mol. The van der Waals surface area contributed by atoms with Crippen molar-refractivity contribution in [3.05, 3.63) is 22.2 Å². The number of carbonyl (C=O) groups is 1. The average Bonchev–Trinajstić information content (AvgIpc) is 2.81. The first kappa shape index (κ1) is 12.4. The van der Waals surface area contributed by atoms with Crippen LogP contribution in [0, 0.1) is 0 Å². The SMILES string of the molecule is COC(=O)[C@@H](N)Cc1ccc(Br)c2nsnc12. The van der Waals surface area contributed by atoms with Crippen LogP contribution in [0.3, 0.4) is 0 Å². The molecule has 1 aromatic carbocycles. The van der Waals surface area contributed by atoms with Crippen molar-refractivity contribution in [1.82, 2.24) is 8.75 Å². The predicted molar refractivity (Wildman–Crippen MR) is 68.8 cm³/mol. The Morgan fingerprint density at radius 3 is 2.94 bits per heavy atom. The van der Waals surface area contributed by atoms with E-state index in [1.165, 1.54) is 7.11 Å². The van der Waals surface area contributed by atoms with Crippen LogP contribution in [0.15, 0.2) is 16.6 Å². The second-order valence-corrected chi connectivity index (χ2v) is 4.88. The number of esters is 1. The highest BCUT2D eigenvalue weighted by Gasteiger charge is 2.17. The predicted octanol–water partition coefficient (Wildman–Crippen LogP) is 1.50. The zero-order valence-electron chi connectivity index (χ0n) is 9.01. The lowest BCUT2D eigenvalue weighted by atomic mass is 10.1. The van der Waals surface area contributed by atoms with Gasteiger partial charge in [-0.3, -0.25) is 4.79 Å². The number of hydrogen-bond donors (Lipinski definition) is 1. The number of benzene rings is 1. The number of hydrogen-bond acceptors (Lipinski definition) is 6. The van der Waals surface area contributed by atoms with Crippen molar-refractivity contribution in [2.24, 2.45) is 5.73 Å². The topological polar surface area (TPSA) is 78.1 Å². The molecule has 0 radical (unpaired) electrons. The summed E-state index contributed by atoms with van der Waals surface area (Å²) in [5.41, 5.74) is 8.20. The highest BCUT2D eigenvalue weighted by atomic mass is 79.9. The van der Waals surface area contributed by atoms with Gasteiger partial charge in [0, 0.05) is 10.9 Å². The van der Waals surface area contributed by atoms with E-state index in [9.17, 15) is 4.79 Å². The minimum Gasteiger partial charge on any atom is -0.468 e. The molecule has 0 spiro atoms. The summed E-state index contributed by atoms with van der Waals surface area (Å²) < 4.78 is 13.9. The Labute approximate surface area is 110 Å². The summed E-state index contributed by atoms with van der Waals surface area (Å²) in [6.07, 6.45) is 0.391. The van der Waals surface area contributed by atoms with Gasteiger partial charge in [0.15, 0.2) is 0 Å². The number of aromatic nitrogens is 2. The van der Waals surface area contributed by atoms with E-state index >= 15 is 0 Å². The summed E-state index contributed by atoms with van der Waals surface area (Å²) >= 11 is 4.54. The molecule has 17 heavy (non-hydrogen) atoms. The van der Waals surface area contributed by atoms with Gasteiger partial charge in [-0.25, -0.2) is 0 Å². The third-order valence-corrected chi connectivity index (χ3v) is 3.56. The van der Waals surface area contributed by atoms with E-state index in [0.29, 0.717) is 6.42 Å². The summed E-state index contributed by atoms with van der Waals surface area (Å²) in [4.78, 5) is 11.3. The standard InChI is InChI=1S/C10H10BrN3O2S/c1-16-10(15)7(12)4-5-2-3-6(11)9-8(5)13-17-14-9/h2-3,7H,4,12H2,1H3/t7-/m0/s1. The van der Waals surface area contributed by atoms with Crippen LogP contribution in [-0.4, -0.2) is 27.9 Å². The van der Waals surface area contributed by atoms with Crippen molar-refractivity contribution in [3.63, 3.8) is 0 Å². The Kier molecular flexibility index (Phi) is 3.70. The number of rotatable bonds is 3. The molecular formula is C10H10BrN3O2S. The van der Waals surface area contributed by atoms with E-state index in [1.807, 2.05) is 12.1 Å². The molecule has 90 valence electrons. The maximum Gasteiger partial charge on any atom is 0.322 e. The molecule has 7 heteroatoms. The minimum atomic E-state index is -0.675. The van der Waals surface area contributed by atoms with Gasteiger partial charge in [0.05, 0.1) is 18.8 Å². The molecule has 2 N–H and O–H groups in total. The number of fused-ring (bicyclic) bond motifs is 1. The van der Waals surface area contributed by atoms with Gasteiger partial charge in [0.25, 0.3) is 0 Å². The van der Waals surface area contributed by atoms with E-state index in [2.05, 4.69) is 29.4 Å². The first-order valence-electron chi connectivity index (χ1n) is 4.86. The maximum atomic E-state index is 11.3. The van der Waals surface area contributed by atoms with Crippen LogP contribution < -0.4 is 5.73 Å². The highest BCUT2D eigenvalue weighted by Crippen LogP contribution is 2.25. The number of nitrogens with zero attached hydrogens (tertiary/aromatic N) is 2. The summed E-state index contributed by atoms with van der Waals surface area (Å²) in [5, 5.41) is 0. The molecule has 1 heterocycles. The normalized spacial score (nSPS) is 12.6. The fourth-order valence-electron chi connectivity index (χ4n) is 1.52. The van der Waals surface area contributed by atoms with Crippen molar-refractivity contribution in [2.45, 2.75) is 12.5 Å². The van der Waals surface area contributed by atoms with Crippen LogP contribution in [0.4, 0.5) is 0 Å².